The average Bonchev–Trinajstić information content (AvgIpc) is 2.76. The van der Waals surface area contributed by atoms with Crippen molar-refractivity contribution in [3.8, 4) is 0 Å². The molecule has 1 aromatic rings. The van der Waals surface area contributed by atoms with Crippen molar-refractivity contribution in [2.45, 2.75) is 25.9 Å². The summed E-state index contributed by atoms with van der Waals surface area (Å²) in [6.45, 7) is 0.874. The van der Waals surface area contributed by atoms with Gasteiger partial charge in [-0.3, -0.25) is 4.79 Å². The largest absolute Gasteiger partial charge is 0.352 e. The van der Waals surface area contributed by atoms with E-state index in [4.69, 9.17) is 5.73 Å². The molecule has 1 atom stereocenters. The average molecular weight is 296 g/mol. The zero-order valence-corrected chi connectivity index (χ0v) is 12.2. The predicted molar refractivity (Wildman–Crippen MR) is 77.6 cm³/mol. The Hall–Kier alpha value is -1.40. The van der Waals surface area contributed by atoms with E-state index in [2.05, 4.69) is 5.32 Å². The lowest BCUT2D eigenvalue weighted by Crippen LogP contribution is -2.26. The van der Waals surface area contributed by atoms with E-state index >= 15 is 0 Å². The fourth-order valence-electron chi connectivity index (χ4n) is 2.49. The smallest absolute Gasteiger partial charge is 0.220 e. The van der Waals surface area contributed by atoms with Crippen LogP contribution in [0.1, 0.15) is 24.0 Å². The van der Waals surface area contributed by atoms with Gasteiger partial charge in [-0.2, -0.15) is 0 Å². The zero-order chi connectivity index (χ0) is 14.6. The predicted octanol–water partition coefficient (Wildman–Crippen LogP) is 0.586. The third-order valence-electron chi connectivity index (χ3n) is 3.62. The fraction of sp³-hybridized carbons (Fsp3) is 0.500. The van der Waals surface area contributed by atoms with Gasteiger partial charge in [0.2, 0.25) is 5.91 Å². The van der Waals surface area contributed by atoms with E-state index in [0.717, 1.165) is 11.1 Å². The molecule has 1 aromatic carbocycles. The highest BCUT2D eigenvalue weighted by atomic mass is 32.2. The van der Waals surface area contributed by atoms with E-state index in [-0.39, 0.29) is 29.8 Å². The van der Waals surface area contributed by atoms with Gasteiger partial charge < -0.3 is 11.1 Å². The van der Waals surface area contributed by atoms with Gasteiger partial charge >= 0.3 is 0 Å². The Bertz CT molecular complexity index is 584. The highest BCUT2D eigenvalue weighted by Crippen LogP contribution is 2.21. The molecule has 0 bridgehead atoms. The monoisotopic (exact) mass is 296 g/mol. The summed E-state index contributed by atoms with van der Waals surface area (Å²) in [6, 6.07) is 7.69. The topological polar surface area (TPSA) is 89.3 Å². The van der Waals surface area contributed by atoms with E-state index in [0.29, 0.717) is 19.5 Å². The fourth-order valence-corrected chi connectivity index (χ4v) is 4.35. The van der Waals surface area contributed by atoms with Crippen LogP contribution in [0.4, 0.5) is 0 Å². The van der Waals surface area contributed by atoms with Gasteiger partial charge in [-0.25, -0.2) is 8.42 Å². The quantitative estimate of drug-likeness (QED) is 0.832. The molecule has 0 aliphatic carbocycles. The molecule has 6 heteroatoms. The zero-order valence-electron chi connectivity index (χ0n) is 11.3. The first-order valence-electron chi connectivity index (χ1n) is 6.74. The van der Waals surface area contributed by atoms with Crippen molar-refractivity contribution in [3.63, 3.8) is 0 Å². The lowest BCUT2D eigenvalue weighted by atomic mass is 10.0. The molecule has 2 rings (SSSR count). The molecule has 0 aromatic heterocycles. The minimum Gasteiger partial charge on any atom is -0.352 e. The maximum absolute atomic E-state index is 11.8. The first-order valence-corrected chi connectivity index (χ1v) is 8.56. The summed E-state index contributed by atoms with van der Waals surface area (Å²) in [4.78, 5) is 11.8. The Balaban J connectivity index is 1.84. The van der Waals surface area contributed by atoms with Crippen molar-refractivity contribution in [1.82, 2.24) is 5.32 Å². The number of rotatable bonds is 5. The number of carbonyl (C=O) groups excluding carboxylic acids is 1. The van der Waals surface area contributed by atoms with Crippen LogP contribution in [0.3, 0.4) is 0 Å². The number of amides is 1. The molecule has 1 amide bonds. The van der Waals surface area contributed by atoms with Crippen LogP contribution in [0, 0.1) is 5.92 Å². The van der Waals surface area contributed by atoms with Gasteiger partial charge in [-0.15, -0.1) is 0 Å². The van der Waals surface area contributed by atoms with E-state index in [9.17, 15) is 13.2 Å². The number of nitrogens with one attached hydrogen (secondary N) is 1. The normalized spacial score (nSPS) is 20.8. The van der Waals surface area contributed by atoms with E-state index in [1.165, 1.54) is 0 Å². The van der Waals surface area contributed by atoms with E-state index < -0.39 is 9.84 Å². The summed E-state index contributed by atoms with van der Waals surface area (Å²) in [5.74, 6) is 0.212. The van der Waals surface area contributed by atoms with Gasteiger partial charge in [0, 0.05) is 19.5 Å². The summed E-state index contributed by atoms with van der Waals surface area (Å²) >= 11 is 0. The standard InChI is InChI=1S/C14H20N2O3S/c15-8-12-3-1-2-4-13(12)9-16-14(17)7-11-5-6-20(18,19)10-11/h1-4,11H,5-10,15H2,(H,16,17). The number of hydrogen-bond acceptors (Lipinski definition) is 4. The Morgan fingerprint density at radius 3 is 2.60 bits per heavy atom. The van der Waals surface area contributed by atoms with Gasteiger partial charge in [-0.1, -0.05) is 24.3 Å². The molecule has 5 nitrogen and oxygen atoms in total. The lowest BCUT2D eigenvalue weighted by molar-refractivity contribution is -0.122. The van der Waals surface area contributed by atoms with Gasteiger partial charge in [0.1, 0.15) is 0 Å². The Labute approximate surface area is 119 Å². The van der Waals surface area contributed by atoms with Crippen molar-refractivity contribution in [1.29, 1.82) is 0 Å². The Morgan fingerprint density at radius 1 is 1.30 bits per heavy atom. The third-order valence-corrected chi connectivity index (χ3v) is 5.45. The van der Waals surface area contributed by atoms with Gasteiger partial charge in [0.15, 0.2) is 9.84 Å². The minimum atomic E-state index is -2.92. The second-order valence-electron chi connectivity index (χ2n) is 5.22. The van der Waals surface area contributed by atoms with Crippen molar-refractivity contribution < 1.29 is 13.2 Å². The van der Waals surface area contributed by atoms with Gasteiger partial charge in [0.25, 0.3) is 0 Å². The molecule has 1 aliphatic rings. The van der Waals surface area contributed by atoms with Crippen LogP contribution in [-0.2, 0) is 27.7 Å². The maximum atomic E-state index is 11.8. The van der Waals surface area contributed by atoms with Crippen LogP contribution in [0.5, 0.6) is 0 Å². The number of benzene rings is 1. The SMILES string of the molecule is NCc1ccccc1CNC(=O)CC1CCS(=O)(=O)C1. The van der Waals surface area contributed by atoms with Gasteiger partial charge in [0.05, 0.1) is 11.5 Å². The van der Waals surface area contributed by atoms with Crippen LogP contribution in [0.25, 0.3) is 0 Å². The van der Waals surface area contributed by atoms with Crippen molar-refractivity contribution in [2.75, 3.05) is 11.5 Å². The van der Waals surface area contributed by atoms with E-state index in [1.807, 2.05) is 24.3 Å². The number of nitrogens with two attached hydrogens (primary N) is 1. The molecule has 1 saturated heterocycles. The third kappa shape index (κ3) is 4.05. The molecule has 1 unspecified atom stereocenters. The summed E-state index contributed by atoms with van der Waals surface area (Å²) in [7, 11) is -2.92. The van der Waals surface area contributed by atoms with Crippen LogP contribution in [0.15, 0.2) is 24.3 Å². The summed E-state index contributed by atoms with van der Waals surface area (Å²) < 4.78 is 22.7. The second kappa shape index (κ2) is 6.37. The number of sulfone groups is 1. The molecular weight excluding hydrogens is 276 g/mol. The Kier molecular flexibility index (Phi) is 4.77. The first kappa shape index (κ1) is 15.0. The molecule has 1 heterocycles. The molecule has 0 spiro atoms. The van der Waals surface area contributed by atoms with Crippen molar-refractivity contribution in [3.05, 3.63) is 35.4 Å². The molecule has 0 saturated carbocycles. The first-order chi connectivity index (χ1) is 9.50. The lowest BCUT2D eigenvalue weighted by Gasteiger charge is -2.11. The highest BCUT2D eigenvalue weighted by molar-refractivity contribution is 7.91. The number of hydrogen-bond donors (Lipinski definition) is 2. The molecule has 1 aliphatic heterocycles. The molecule has 110 valence electrons. The maximum Gasteiger partial charge on any atom is 0.220 e. The van der Waals surface area contributed by atoms with Crippen LogP contribution >= 0.6 is 0 Å². The minimum absolute atomic E-state index is 0.0373. The molecule has 1 fully saturated rings. The molecule has 0 radical (unpaired) electrons. The van der Waals surface area contributed by atoms with Crippen molar-refractivity contribution in [2.24, 2.45) is 11.7 Å². The van der Waals surface area contributed by atoms with E-state index in [1.54, 1.807) is 0 Å². The number of carbonyl (C=O) groups is 1. The molecule has 3 N–H and O–H groups in total. The summed E-state index contributed by atoms with van der Waals surface area (Å²) in [5.41, 5.74) is 7.65. The van der Waals surface area contributed by atoms with Gasteiger partial charge in [-0.05, 0) is 23.5 Å². The Morgan fingerprint density at radius 2 is 2.00 bits per heavy atom. The summed E-state index contributed by atoms with van der Waals surface area (Å²) in [6.07, 6.45) is 0.874. The molecule has 20 heavy (non-hydrogen) atoms. The van der Waals surface area contributed by atoms with Crippen LogP contribution < -0.4 is 11.1 Å². The second-order valence-corrected chi connectivity index (χ2v) is 7.45. The van der Waals surface area contributed by atoms with Crippen LogP contribution in [-0.4, -0.2) is 25.8 Å². The summed E-state index contributed by atoms with van der Waals surface area (Å²) in [5, 5.41) is 2.84. The van der Waals surface area contributed by atoms with Crippen LogP contribution in [0.2, 0.25) is 0 Å². The molecular formula is C14H20N2O3S. The highest BCUT2D eigenvalue weighted by Gasteiger charge is 2.29. The van der Waals surface area contributed by atoms with Crippen molar-refractivity contribution >= 4 is 15.7 Å².